The molecule has 0 aliphatic carbocycles. The second-order valence-corrected chi connectivity index (χ2v) is 3.89. The molecule has 1 saturated heterocycles. The molecule has 0 saturated carbocycles. The van der Waals surface area contributed by atoms with E-state index in [1.54, 1.807) is 7.11 Å². The number of hydrogen-bond acceptors (Lipinski definition) is 3. The predicted molar refractivity (Wildman–Crippen MR) is 57.6 cm³/mol. The number of ether oxygens (including phenoxy) is 2. The molecular formula is C11H23NO2. The molecule has 0 unspecified atom stereocenters. The Morgan fingerprint density at radius 1 is 1.21 bits per heavy atom. The summed E-state index contributed by atoms with van der Waals surface area (Å²) in [6.45, 7) is 3.91. The summed E-state index contributed by atoms with van der Waals surface area (Å²) in [4.78, 5) is 0. The van der Waals surface area contributed by atoms with Crippen molar-refractivity contribution in [1.29, 1.82) is 0 Å². The van der Waals surface area contributed by atoms with Crippen LogP contribution in [0.3, 0.4) is 0 Å². The predicted octanol–water partition coefficient (Wildman–Crippen LogP) is 1.57. The zero-order valence-corrected chi connectivity index (χ0v) is 9.26. The van der Waals surface area contributed by atoms with Gasteiger partial charge in [-0.25, -0.2) is 0 Å². The smallest absolute Gasteiger partial charge is 0.0480 e. The maximum absolute atomic E-state index is 5.30. The minimum Gasteiger partial charge on any atom is -0.385 e. The van der Waals surface area contributed by atoms with Crippen molar-refractivity contribution in [2.75, 3.05) is 33.5 Å². The highest BCUT2D eigenvalue weighted by molar-refractivity contribution is 4.69. The van der Waals surface area contributed by atoms with Crippen LogP contribution in [0.4, 0.5) is 0 Å². The Kier molecular flexibility index (Phi) is 7.01. The second-order valence-electron chi connectivity index (χ2n) is 3.89. The van der Waals surface area contributed by atoms with Crippen LogP contribution in [-0.4, -0.2) is 39.5 Å². The van der Waals surface area contributed by atoms with Gasteiger partial charge < -0.3 is 14.8 Å². The molecule has 14 heavy (non-hydrogen) atoms. The highest BCUT2D eigenvalue weighted by Gasteiger charge is 2.11. The van der Waals surface area contributed by atoms with E-state index in [1.807, 2.05) is 0 Å². The van der Waals surface area contributed by atoms with E-state index in [4.69, 9.17) is 9.47 Å². The Hall–Kier alpha value is -0.120. The number of unbranched alkanes of at least 4 members (excludes halogenated alkanes) is 2. The summed E-state index contributed by atoms with van der Waals surface area (Å²) >= 11 is 0. The van der Waals surface area contributed by atoms with Crippen LogP contribution in [0.1, 0.15) is 32.1 Å². The molecule has 0 bridgehead atoms. The minimum absolute atomic E-state index is 0.700. The third-order valence-corrected chi connectivity index (χ3v) is 2.68. The maximum atomic E-state index is 5.30. The van der Waals surface area contributed by atoms with Crippen molar-refractivity contribution in [2.45, 2.75) is 38.1 Å². The first-order valence-electron chi connectivity index (χ1n) is 5.73. The van der Waals surface area contributed by atoms with Gasteiger partial charge in [-0.15, -0.1) is 0 Å². The third-order valence-electron chi connectivity index (χ3n) is 2.68. The summed E-state index contributed by atoms with van der Waals surface area (Å²) in [5, 5.41) is 3.58. The van der Waals surface area contributed by atoms with E-state index in [9.17, 15) is 0 Å². The summed E-state index contributed by atoms with van der Waals surface area (Å²) in [5.41, 5.74) is 0. The van der Waals surface area contributed by atoms with Crippen LogP contribution in [0.5, 0.6) is 0 Å². The van der Waals surface area contributed by atoms with Crippen LogP contribution < -0.4 is 5.32 Å². The molecule has 0 aromatic heterocycles. The lowest BCUT2D eigenvalue weighted by molar-refractivity contribution is 0.0779. The summed E-state index contributed by atoms with van der Waals surface area (Å²) in [6, 6.07) is 0.700. The van der Waals surface area contributed by atoms with Crippen LogP contribution in [-0.2, 0) is 9.47 Å². The Morgan fingerprint density at radius 2 is 2.00 bits per heavy atom. The summed E-state index contributed by atoms with van der Waals surface area (Å²) in [6.07, 6.45) is 6.08. The molecule has 3 heteroatoms. The Balaban J connectivity index is 1.82. The molecule has 3 nitrogen and oxygen atoms in total. The summed E-state index contributed by atoms with van der Waals surface area (Å²) in [5.74, 6) is 0. The molecule has 84 valence electrons. The van der Waals surface area contributed by atoms with Gasteiger partial charge in [-0.05, 0) is 38.6 Å². The fraction of sp³-hybridized carbons (Fsp3) is 1.00. The first-order chi connectivity index (χ1) is 6.93. The number of hydrogen-bond donors (Lipinski definition) is 1. The van der Waals surface area contributed by atoms with Crippen LogP contribution in [0.25, 0.3) is 0 Å². The molecule has 0 amide bonds. The van der Waals surface area contributed by atoms with Crippen molar-refractivity contribution in [3.8, 4) is 0 Å². The summed E-state index contributed by atoms with van der Waals surface area (Å²) < 4.78 is 10.3. The van der Waals surface area contributed by atoms with Crippen LogP contribution >= 0.6 is 0 Å². The number of nitrogens with one attached hydrogen (secondary N) is 1. The standard InChI is InChI=1S/C11H23NO2/c1-13-8-4-2-3-7-12-11-5-9-14-10-6-11/h11-12H,2-10H2,1H3. The zero-order chi connectivity index (χ0) is 10.1. The van der Waals surface area contributed by atoms with Crippen molar-refractivity contribution in [2.24, 2.45) is 0 Å². The van der Waals surface area contributed by atoms with Gasteiger partial charge in [-0.2, -0.15) is 0 Å². The van der Waals surface area contributed by atoms with E-state index >= 15 is 0 Å². The van der Waals surface area contributed by atoms with Gasteiger partial charge in [0.15, 0.2) is 0 Å². The molecule has 0 radical (unpaired) electrons. The molecule has 1 fully saturated rings. The third kappa shape index (κ3) is 5.58. The molecule has 1 rings (SSSR count). The van der Waals surface area contributed by atoms with E-state index < -0.39 is 0 Å². The average molecular weight is 201 g/mol. The highest BCUT2D eigenvalue weighted by Crippen LogP contribution is 2.06. The van der Waals surface area contributed by atoms with Gasteiger partial charge in [0, 0.05) is 33.0 Å². The molecule has 1 heterocycles. The van der Waals surface area contributed by atoms with Crippen molar-refractivity contribution in [3.05, 3.63) is 0 Å². The quantitative estimate of drug-likeness (QED) is 0.634. The molecule has 0 aromatic rings. The van der Waals surface area contributed by atoms with E-state index in [-0.39, 0.29) is 0 Å². The molecular weight excluding hydrogens is 178 g/mol. The lowest BCUT2D eigenvalue weighted by atomic mass is 10.1. The number of methoxy groups -OCH3 is 1. The molecule has 1 aliphatic rings. The molecule has 1 N–H and O–H groups in total. The molecule has 0 atom stereocenters. The molecule has 1 aliphatic heterocycles. The topological polar surface area (TPSA) is 30.5 Å². The van der Waals surface area contributed by atoms with Gasteiger partial charge in [0.05, 0.1) is 0 Å². The first kappa shape index (κ1) is 12.0. The Labute approximate surface area is 87.2 Å². The van der Waals surface area contributed by atoms with Crippen LogP contribution in [0.2, 0.25) is 0 Å². The fourth-order valence-electron chi connectivity index (χ4n) is 1.76. The van der Waals surface area contributed by atoms with E-state index in [1.165, 1.54) is 32.1 Å². The van der Waals surface area contributed by atoms with Gasteiger partial charge >= 0.3 is 0 Å². The van der Waals surface area contributed by atoms with Gasteiger partial charge in [-0.1, -0.05) is 0 Å². The van der Waals surface area contributed by atoms with Gasteiger partial charge in [0.25, 0.3) is 0 Å². The lowest BCUT2D eigenvalue weighted by Crippen LogP contribution is -2.35. The lowest BCUT2D eigenvalue weighted by Gasteiger charge is -2.23. The zero-order valence-electron chi connectivity index (χ0n) is 9.26. The second kappa shape index (κ2) is 8.21. The SMILES string of the molecule is COCCCCCNC1CCOCC1. The van der Waals surface area contributed by atoms with Gasteiger partial charge in [-0.3, -0.25) is 0 Å². The number of rotatable bonds is 7. The van der Waals surface area contributed by atoms with Crippen LogP contribution in [0, 0.1) is 0 Å². The maximum Gasteiger partial charge on any atom is 0.0480 e. The highest BCUT2D eigenvalue weighted by atomic mass is 16.5. The monoisotopic (exact) mass is 201 g/mol. The largest absolute Gasteiger partial charge is 0.385 e. The normalized spacial score (nSPS) is 18.6. The fourth-order valence-corrected chi connectivity index (χ4v) is 1.76. The van der Waals surface area contributed by atoms with Crippen molar-refractivity contribution < 1.29 is 9.47 Å². The summed E-state index contributed by atoms with van der Waals surface area (Å²) in [7, 11) is 1.76. The minimum atomic E-state index is 0.700. The van der Waals surface area contributed by atoms with Crippen molar-refractivity contribution >= 4 is 0 Å². The van der Waals surface area contributed by atoms with E-state index in [0.717, 1.165) is 26.4 Å². The van der Waals surface area contributed by atoms with Crippen molar-refractivity contribution in [3.63, 3.8) is 0 Å². The van der Waals surface area contributed by atoms with Crippen molar-refractivity contribution in [1.82, 2.24) is 5.32 Å². The average Bonchev–Trinajstić information content (AvgIpc) is 2.25. The first-order valence-corrected chi connectivity index (χ1v) is 5.73. The van der Waals surface area contributed by atoms with Gasteiger partial charge in [0.2, 0.25) is 0 Å². The Morgan fingerprint density at radius 3 is 2.71 bits per heavy atom. The van der Waals surface area contributed by atoms with E-state index in [2.05, 4.69) is 5.32 Å². The molecule has 0 aromatic carbocycles. The Bertz CT molecular complexity index is 124. The molecule has 0 spiro atoms. The van der Waals surface area contributed by atoms with E-state index in [0.29, 0.717) is 6.04 Å². The van der Waals surface area contributed by atoms with Gasteiger partial charge in [0.1, 0.15) is 0 Å². The van der Waals surface area contributed by atoms with Crippen LogP contribution in [0.15, 0.2) is 0 Å².